The van der Waals surface area contributed by atoms with Gasteiger partial charge in [0.05, 0.1) is 16.1 Å². The SMILES string of the molecule is NC(=O)c1c(NC(=O)COC(=O)CN2C(=O)c3cccc([N+](=O)[O-])c3C2=O)sc2c1CCC2. The van der Waals surface area contributed by atoms with E-state index >= 15 is 0 Å². The highest BCUT2D eigenvalue weighted by Gasteiger charge is 2.42. The molecule has 0 atom stereocenters. The molecule has 12 nitrogen and oxygen atoms in total. The van der Waals surface area contributed by atoms with Gasteiger partial charge in [0.1, 0.15) is 17.1 Å². The standard InChI is InChI=1S/C20H16N4O8S/c21-17(27)16-9-3-2-6-12(9)33-18(16)22-13(25)8-32-14(26)7-23-19(28)10-4-1-5-11(24(30)31)15(10)20(23)29/h1,4-5H,2-3,6-8H2,(H2,21,27)(H,22,25). The van der Waals surface area contributed by atoms with Crippen LogP contribution in [0.1, 0.15) is 47.9 Å². The van der Waals surface area contributed by atoms with Gasteiger partial charge in [0.2, 0.25) is 0 Å². The molecule has 170 valence electrons. The van der Waals surface area contributed by atoms with Crippen molar-refractivity contribution in [1.29, 1.82) is 0 Å². The lowest BCUT2D eigenvalue weighted by Crippen LogP contribution is -2.36. The molecular formula is C20H16N4O8S. The predicted molar refractivity (Wildman–Crippen MR) is 113 cm³/mol. The van der Waals surface area contributed by atoms with Gasteiger partial charge in [-0.15, -0.1) is 11.3 Å². The number of rotatable bonds is 7. The molecule has 4 amide bonds. The summed E-state index contributed by atoms with van der Waals surface area (Å²) in [5.41, 5.74) is 5.36. The van der Waals surface area contributed by atoms with E-state index in [1.807, 2.05) is 0 Å². The second-order valence-electron chi connectivity index (χ2n) is 7.29. The van der Waals surface area contributed by atoms with Gasteiger partial charge in [-0.05, 0) is 30.9 Å². The molecular weight excluding hydrogens is 456 g/mol. The Bertz CT molecular complexity index is 1250. The van der Waals surface area contributed by atoms with Gasteiger partial charge in [-0.3, -0.25) is 39.0 Å². The van der Waals surface area contributed by atoms with Crippen LogP contribution in [0.5, 0.6) is 0 Å². The van der Waals surface area contributed by atoms with Crippen LogP contribution in [0.25, 0.3) is 0 Å². The first-order valence-corrected chi connectivity index (χ1v) is 10.5. The minimum atomic E-state index is -1.06. The first-order valence-electron chi connectivity index (χ1n) is 9.72. The summed E-state index contributed by atoms with van der Waals surface area (Å²) >= 11 is 1.24. The third-order valence-corrected chi connectivity index (χ3v) is 6.45. The van der Waals surface area contributed by atoms with E-state index in [1.165, 1.54) is 23.5 Å². The number of hydrogen-bond donors (Lipinski definition) is 2. The van der Waals surface area contributed by atoms with E-state index in [9.17, 15) is 34.1 Å². The van der Waals surface area contributed by atoms with E-state index in [2.05, 4.69) is 5.32 Å². The molecule has 0 unspecified atom stereocenters. The van der Waals surface area contributed by atoms with Gasteiger partial charge in [0.15, 0.2) is 6.61 Å². The Kier molecular flexibility index (Phi) is 5.64. The van der Waals surface area contributed by atoms with Crippen LogP contribution in [0, 0.1) is 10.1 Å². The van der Waals surface area contributed by atoms with E-state index in [1.54, 1.807) is 0 Å². The van der Waals surface area contributed by atoms with Crippen LogP contribution in [0.4, 0.5) is 10.7 Å². The lowest BCUT2D eigenvalue weighted by atomic mass is 10.1. The number of nitrogens with one attached hydrogen (secondary N) is 1. The van der Waals surface area contributed by atoms with Crippen LogP contribution in [0.3, 0.4) is 0 Å². The Hall–Kier alpha value is -4.13. The second-order valence-corrected chi connectivity index (χ2v) is 8.39. The highest BCUT2D eigenvalue weighted by atomic mass is 32.1. The lowest BCUT2D eigenvalue weighted by molar-refractivity contribution is -0.385. The number of ether oxygens (including phenoxy) is 1. The van der Waals surface area contributed by atoms with Crippen LogP contribution in [0.15, 0.2) is 18.2 Å². The molecule has 2 aliphatic rings. The number of benzene rings is 1. The van der Waals surface area contributed by atoms with Crippen molar-refractivity contribution in [2.45, 2.75) is 19.3 Å². The van der Waals surface area contributed by atoms with E-state index < -0.39 is 58.9 Å². The number of nitrogens with two attached hydrogens (primary N) is 1. The maximum atomic E-state index is 12.5. The fourth-order valence-corrected chi connectivity index (χ4v) is 5.16. The molecule has 3 N–H and O–H groups in total. The molecule has 0 radical (unpaired) electrons. The van der Waals surface area contributed by atoms with Crippen LogP contribution >= 0.6 is 11.3 Å². The molecule has 2 aromatic rings. The Balaban J connectivity index is 1.38. The smallest absolute Gasteiger partial charge is 0.326 e. The number of carbonyl (C=O) groups excluding carboxylic acids is 5. The molecule has 2 heterocycles. The molecule has 0 bridgehead atoms. The van der Waals surface area contributed by atoms with Crippen molar-refractivity contribution < 1.29 is 33.6 Å². The molecule has 1 aliphatic carbocycles. The number of hydrogen-bond acceptors (Lipinski definition) is 9. The summed E-state index contributed by atoms with van der Waals surface area (Å²) < 4.78 is 4.85. The average Bonchev–Trinajstić information content (AvgIpc) is 3.40. The van der Waals surface area contributed by atoms with E-state index in [-0.39, 0.29) is 16.1 Å². The second kappa shape index (κ2) is 8.43. The van der Waals surface area contributed by atoms with E-state index in [0.29, 0.717) is 11.3 Å². The molecule has 1 aromatic carbocycles. The summed E-state index contributed by atoms with van der Waals surface area (Å²) in [7, 11) is 0. The topological polar surface area (TPSA) is 179 Å². The number of amides is 4. The number of nitro benzene ring substituents is 1. The molecule has 1 aromatic heterocycles. The van der Waals surface area contributed by atoms with Crippen LogP contribution in [-0.4, -0.2) is 52.6 Å². The normalized spacial score (nSPS) is 14.1. The largest absolute Gasteiger partial charge is 0.454 e. The first kappa shape index (κ1) is 22.1. The van der Waals surface area contributed by atoms with Gasteiger partial charge in [-0.1, -0.05) is 6.07 Å². The van der Waals surface area contributed by atoms with Crippen molar-refractivity contribution in [2.75, 3.05) is 18.5 Å². The Labute approximate surface area is 189 Å². The van der Waals surface area contributed by atoms with Crippen LogP contribution in [-0.2, 0) is 27.2 Å². The molecule has 33 heavy (non-hydrogen) atoms. The zero-order chi connectivity index (χ0) is 23.9. The van der Waals surface area contributed by atoms with Gasteiger partial charge in [0.25, 0.3) is 29.3 Å². The summed E-state index contributed by atoms with van der Waals surface area (Å²) in [6, 6.07) is 3.59. The zero-order valence-corrected chi connectivity index (χ0v) is 17.7. The van der Waals surface area contributed by atoms with Gasteiger partial charge < -0.3 is 15.8 Å². The van der Waals surface area contributed by atoms with Crippen molar-refractivity contribution in [2.24, 2.45) is 5.73 Å². The number of nitro groups is 1. The highest BCUT2D eigenvalue weighted by molar-refractivity contribution is 7.17. The quantitative estimate of drug-likeness (QED) is 0.259. The number of anilines is 1. The Morgan fingerprint density at radius 2 is 1.97 bits per heavy atom. The van der Waals surface area contributed by atoms with E-state index in [4.69, 9.17) is 10.5 Å². The number of imide groups is 1. The molecule has 0 spiro atoms. The maximum absolute atomic E-state index is 12.5. The van der Waals surface area contributed by atoms with Gasteiger partial charge >= 0.3 is 5.97 Å². The average molecular weight is 472 g/mol. The number of fused-ring (bicyclic) bond motifs is 2. The molecule has 0 saturated carbocycles. The fraction of sp³-hybridized carbons (Fsp3) is 0.250. The summed E-state index contributed by atoms with van der Waals surface area (Å²) in [6.45, 7) is -1.56. The van der Waals surface area contributed by atoms with Crippen molar-refractivity contribution in [3.63, 3.8) is 0 Å². The first-order chi connectivity index (χ1) is 15.7. The summed E-state index contributed by atoms with van der Waals surface area (Å²) in [5.74, 6) is -4.33. The van der Waals surface area contributed by atoms with Crippen molar-refractivity contribution >= 4 is 51.6 Å². The van der Waals surface area contributed by atoms with Crippen molar-refractivity contribution in [3.8, 4) is 0 Å². The predicted octanol–water partition coefficient (Wildman–Crippen LogP) is 1.02. The van der Waals surface area contributed by atoms with E-state index in [0.717, 1.165) is 29.3 Å². The Morgan fingerprint density at radius 1 is 1.21 bits per heavy atom. The maximum Gasteiger partial charge on any atom is 0.326 e. The summed E-state index contributed by atoms with van der Waals surface area (Å²) in [4.78, 5) is 72.9. The molecule has 4 rings (SSSR count). The number of thiophene rings is 1. The van der Waals surface area contributed by atoms with Crippen molar-refractivity contribution in [1.82, 2.24) is 4.90 Å². The number of primary amides is 1. The summed E-state index contributed by atoms with van der Waals surface area (Å²) in [5, 5.41) is 13.9. The van der Waals surface area contributed by atoms with Gasteiger partial charge in [-0.25, -0.2) is 0 Å². The Morgan fingerprint density at radius 3 is 2.67 bits per heavy atom. The molecule has 0 saturated heterocycles. The van der Waals surface area contributed by atoms with Gasteiger partial charge in [0, 0.05) is 10.9 Å². The lowest BCUT2D eigenvalue weighted by Gasteiger charge is -2.13. The fourth-order valence-electron chi connectivity index (χ4n) is 3.85. The van der Waals surface area contributed by atoms with Crippen LogP contribution < -0.4 is 11.1 Å². The monoisotopic (exact) mass is 472 g/mol. The summed E-state index contributed by atoms with van der Waals surface area (Å²) in [6.07, 6.45) is 2.37. The molecule has 1 aliphatic heterocycles. The molecule has 0 fully saturated rings. The molecule has 13 heteroatoms. The number of esters is 1. The van der Waals surface area contributed by atoms with Crippen LogP contribution in [0.2, 0.25) is 0 Å². The number of aryl methyl sites for hydroxylation is 1. The zero-order valence-electron chi connectivity index (χ0n) is 16.9. The van der Waals surface area contributed by atoms with Gasteiger partial charge in [-0.2, -0.15) is 0 Å². The number of carbonyl (C=O) groups is 5. The highest BCUT2D eigenvalue weighted by Crippen LogP contribution is 2.38. The third kappa shape index (κ3) is 3.93. The number of nitrogens with zero attached hydrogens (tertiary/aromatic N) is 2. The van der Waals surface area contributed by atoms with Crippen molar-refractivity contribution in [3.05, 3.63) is 55.4 Å². The minimum absolute atomic E-state index is 0.190. The minimum Gasteiger partial charge on any atom is -0.454 e. The third-order valence-electron chi connectivity index (χ3n) is 5.25.